The molecule has 0 spiro atoms. The van der Waals surface area contributed by atoms with Gasteiger partial charge in [-0.05, 0) is 25.5 Å². The standard InChI is InChI=1S/C18H18N2O3.2ClH/c1-12-15(17(21)20-10-9-14(11-20)18(22)23)7-8-16(19-12)13-5-3-2-4-6-13;;/h2-8,14H,9-11H2,1H3,(H,22,23);2*1H. The number of aromatic nitrogens is 1. The lowest BCUT2D eigenvalue weighted by molar-refractivity contribution is -0.141. The van der Waals surface area contributed by atoms with E-state index in [4.69, 9.17) is 5.11 Å². The highest BCUT2D eigenvalue weighted by molar-refractivity contribution is 5.96. The number of nitrogens with zero attached hydrogens (tertiary/aromatic N) is 2. The van der Waals surface area contributed by atoms with E-state index in [0.29, 0.717) is 24.2 Å². The minimum Gasteiger partial charge on any atom is -0.481 e. The number of likely N-dealkylation sites (tertiary alicyclic amines) is 1. The number of aliphatic carboxylic acids is 1. The largest absolute Gasteiger partial charge is 0.481 e. The highest BCUT2D eigenvalue weighted by atomic mass is 35.5. The number of benzene rings is 1. The summed E-state index contributed by atoms with van der Waals surface area (Å²) in [7, 11) is 0. The Labute approximate surface area is 158 Å². The highest BCUT2D eigenvalue weighted by Gasteiger charge is 2.31. The van der Waals surface area contributed by atoms with E-state index >= 15 is 0 Å². The number of amides is 1. The normalized spacial score (nSPS) is 15.9. The smallest absolute Gasteiger partial charge is 0.308 e. The quantitative estimate of drug-likeness (QED) is 0.882. The summed E-state index contributed by atoms with van der Waals surface area (Å²) in [4.78, 5) is 29.7. The molecule has 0 radical (unpaired) electrons. The lowest BCUT2D eigenvalue weighted by Crippen LogP contribution is -2.30. The Morgan fingerprint density at radius 1 is 1.12 bits per heavy atom. The number of pyridine rings is 1. The molecule has 2 aromatic rings. The van der Waals surface area contributed by atoms with Crippen molar-refractivity contribution in [2.75, 3.05) is 13.1 Å². The van der Waals surface area contributed by atoms with E-state index in [2.05, 4.69) is 4.98 Å². The molecule has 1 N–H and O–H groups in total. The molecule has 1 aliphatic heterocycles. The van der Waals surface area contributed by atoms with Crippen LogP contribution in [0.1, 0.15) is 22.5 Å². The Balaban J connectivity index is 0.00000156. The molecule has 1 fully saturated rings. The number of hydrogen-bond donors (Lipinski definition) is 1. The zero-order valence-electron chi connectivity index (χ0n) is 13.7. The molecule has 1 saturated heterocycles. The second kappa shape index (κ2) is 8.83. The van der Waals surface area contributed by atoms with Crippen LogP contribution in [0, 0.1) is 12.8 Å². The molecule has 1 aliphatic rings. The van der Waals surface area contributed by atoms with Gasteiger partial charge in [0.15, 0.2) is 0 Å². The predicted octanol–water partition coefficient (Wildman–Crippen LogP) is 3.45. The van der Waals surface area contributed by atoms with Gasteiger partial charge in [-0.25, -0.2) is 0 Å². The second-order valence-corrected chi connectivity index (χ2v) is 5.77. The van der Waals surface area contributed by atoms with E-state index in [1.807, 2.05) is 43.3 Å². The zero-order chi connectivity index (χ0) is 16.4. The molecule has 1 amide bonds. The molecule has 0 bridgehead atoms. The number of carbonyl (C=O) groups is 2. The number of carboxylic acids is 1. The first-order chi connectivity index (χ1) is 11.1. The third-order valence-electron chi connectivity index (χ3n) is 4.21. The van der Waals surface area contributed by atoms with Crippen LogP contribution < -0.4 is 0 Å². The zero-order valence-corrected chi connectivity index (χ0v) is 15.3. The summed E-state index contributed by atoms with van der Waals surface area (Å²) in [6, 6.07) is 13.4. The maximum Gasteiger partial charge on any atom is 0.308 e. The van der Waals surface area contributed by atoms with Crippen molar-refractivity contribution in [3.8, 4) is 11.3 Å². The van der Waals surface area contributed by atoms with Gasteiger partial charge in [-0.15, -0.1) is 24.8 Å². The maximum absolute atomic E-state index is 12.6. The number of carboxylic acid groups (broad SMARTS) is 1. The fraction of sp³-hybridized carbons (Fsp3) is 0.278. The van der Waals surface area contributed by atoms with Crippen molar-refractivity contribution in [2.24, 2.45) is 5.92 Å². The minimum atomic E-state index is -0.838. The van der Waals surface area contributed by atoms with Gasteiger partial charge >= 0.3 is 5.97 Å². The molecule has 1 unspecified atom stereocenters. The first-order valence-corrected chi connectivity index (χ1v) is 7.61. The minimum absolute atomic E-state index is 0. The maximum atomic E-state index is 12.6. The summed E-state index contributed by atoms with van der Waals surface area (Å²) in [5, 5.41) is 9.05. The van der Waals surface area contributed by atoms with Crippen LogP contribution >= 0.6 is 24.8 Å². The SMILES string of the molecule is Cc1nc(-c2ccccc2)ccc1C(=O)N1CCC(C(=O)O)C1.Cl.Cl. The molecule has 1 atom stereocenters. The predicted molar refractivity (Wildman–Crippen MR) is 101 cm³/mol. The van der Waals surface area contributed by atoms with Gasteiger partial charge in [0.25, 0.3) is 5.91 Å². The van der Waals surface area contributed by atoms with Crippen molar-refractivity contribution < 1.29 is 14.7 Å². The van der Waals surface area contributed by atoms with Crippen molar-refractivity contribution in [3.05, 3.63) is 53.7 Å². The van der Waals surface area contributed by atoms with Gasteiger partial charge in [0.2, 0.25) is 0 Å². The van der Waals surface area contributed by atoms with Crippen LogP contribution in [0.15, 0.2) is 42.5 Å². The summed E-state index contributed by atoms with van der Waals surface area (Å²) in [5.74, 6) is -1.44. The lowest BCUT2D eigenvalue weighted by Gasteiger charge is -2.17. The third kappa shape index (κ3) is 4.50. The molecule has 5 nitrogen and oxygen atoms in total. The van der Waals surface area contributed by atoms with Gasteiger partial charge in [-0.3, -0.25) is 14.6 Å². The van der Waals surface area contributed by atoms with E-state index in [1.54, 1.807) is 11.0 Å². The van der Waals surface area contributed by atoms with Crippen molar-refractivity contribution in [1.82, 2.24) is 9.88 Å². The number of hydrogen-bond acceptors (Lipinski definition) is 3. The molecular formula is C18H20Cl2N2O3. The van der Waals surface area contributed by atoms with Gasteiger partial charge < -0.3 is 10.0 Å². The van der Waals surface area contributed by atoms with E-state index in [1.165, 1.54) is 0 Å². The van der Waals surface area contributed by atoms with Crippen LogP contribution in [0.5, 0.6) is 0 Å². The Morgan fingerprint density at radius 3 is 2.36 bits per heavy atom. The van der Waals surface area contributed by atoms with Crippen LogP contribution in [0.2, 0.25) is 0 Å². The first kappa shape index (κ1) is 20.9. The van der Waals surface area contributed by atoms with E-state index in [0.717, 1.165) is 11.3 Å². The molecule has 0 aliphatic carbocycles. The van der Waals surface area contributed by atoms with Crippen LogP contribution in [-0.2, 0) is 4.79 Å². The number of halogens is 2. The highest BCUT2D eigenvalue weighted by Crippen LogP contribution is 2.22. The van der Waals surface area contributed by atoms with Gasteiger partial charge in [-0.1, -0.05) is 30.3 Å². The summed E-state index contributed by atoms with van der Waals surface area (Å²) >= 11 is 0. The molecule has 1 aromatic heterocycles. The lowest BCUT2D eigenvalue weighted by atomic mass is 10.1. The number of carbonyl (C=O) groups excluding carboxylic acids is 1. The molecule has 3 rings (SSSR count). The van der Waals surface area contributed by atoms with E-state index in [-0.39, 0.29) is 37.3 Å². The number of rotatable bonds is 3. The summed E-state index contributed by atoms with van der Waals surface area (Å²) < 4.78 is 0. The number of aryl methyl sites for hydroxylation is 1. The van der Waals surface area contributed by atoms with Crippen molar-refractivity contribution in [1.29, 1.82) is 0 Å². The van der Waals surface area contributed by atoms with Gasteiger partial charge in [0.1, 0.15) is 0 Å². The molecule has 2 heterocycles. The monoisotopic (exact) mass is 382 g/mol. The Morgan fingerprint density at radius 2 is 1.80 bits per heavy atom. The summed E-state index contributed by atoms with van der Waals surface area (Å²) in [5.41, 5.74) is 3.03. The van der Waals surface area contributed by atoms with Crippen LogP contribution in [-0.4, -0.2) is 40.0 Å². The molecule has 0 saturated carbocycles. The van der Waals surface area contributed by atoms with Crippen LogP contribution in [0.25, 0.3) is 11.3 Å². The van der Waals surface area contributed by atoms with E-state index in [9.17, 15) is 9.59 Å². The van der Waals surface area contributed by atoms with Crippen molar-refractivity contribution in [3.63, 3.8) is 0 Å². The Kier molecular flexibility index (Phi) is 7.39. The first-order valence-electron chi connectivity index (χ1n) is 7.61. The van der Waals surface area contributed by atoms with Gasteiger partial charge in [-0.2, -0.15) is 0 Å². The Hall–Kier alpha value is -2.11. The topological polar surface area (TPSA) is 70.5 Å². The molecular weight excluding hydrogens is 363 g/mol. The molecule has 134 valence electrons. The van der Waals surface area contributed by atoms with Gasteiger partial charge in [0.05, 0.1) is 22.9 Å². The fourth-order valence-electron chi connectivity index (χ4n) is 2.87. The Bertz CT molecular complexity index is 753. The van der Waals surface area contributed by atoms with Crippen LogP contribution in [0.4, 0.5) is 0 Å². The van der Waals surface area contributed by atoms with Crippen molar-refractivity contribution in [2.45, 2.75) is 13.3 Å². The van der Waals surface area contributed by atoms with Crippen LogP contribution in [0.3, 0.4) is 0 Å². The average Bonchev–Trinajstić information content (AvgIpc) is 3.05. The van der Waals surface area contributed by atoms with Crippen molar-refractivity contribution >= 4 is 36.7 Å². The summed E-state index contributed by atoms with van der Waals surface area (Å²) in [6.07, 6.45) is 0.510. The fourth-order valence-corrected chi connectivity index (χ4v) is 2.87. The third-order valence-corrected chi connectivity index (χ3v) is 4.21. The van der Waals surface area contributed by atoms with Gasteiger partial charge in [0, 0.05) is 18.7 Å². The van der Waals surface area contributed by atoms with E-state index < -0.39 is 11.9 Å². The summed E-state index contributed by atoms with van der Waals surface area (Å²) in [6.45, 7) is 2.56. The molecule has 7 heteroatoms. The molecule has 1 aromatic carbocycles. The molecule has 25 heavy (non-hydrogen) atoms. The average molecular weight is 383 g/mol. The second-order valence-electron chi connectivity index (χ2n) is 5.77.